The van der Waals surface area contributed by atoms with Crippen LogP contribution in [0.15, 0.2) is 67.3 Å². The number of nitrogens with one attached hydrogen (secondary N) is 2. The lowest BCUT2D eigenvalue weighted by Crippen LogP contribution is -2.27. The number of hydrogen-bond acceptors (Lipinski definition) is 3. The average Bonchev–Trinajstić information content (AvgIpc) is 2.60. The van der Waals surface area contributed by atoms with Gasteiger partial charge in [0.25, 0.3) is 5.91 Å². The summed E-state index contributed by atoms with van der Waals surface area (Å²) in [6.07, 6.45) is 1.19. The standard InChI is InChI=1S/C18H18N2O3/c1-2-17(21)19-12-15-10-6-7-11-16(15)18(22)20-23-13-14-8-4-3-5-9-14/h2-11H,1,12-13H2,(H,19,21)(H,20,22). The third-order valence-electron chi connectivity index (χ3n) is 3.15. The Morgan fingerprint density at radius 3 is 2.48 bits per heavy atom. The molecule has 2 aromatic carbocycles. The molecule has 5 heteroatoms. The molecular formula is C18H18N2O3. The zero-order valence-corrected chi connectivity index (χ0v) is 12.6. The number of rotatable bonds is 7. The lowest BCUT2D eigenvalue weighted by Gasteiger charge is -2.10. The molecule has 5 nitrogen and oxygen atoms in total. The molecule has 0 heterocycles. The second-order valence-electron chi connectivity index (χ2n) is 4.78. The average molecular weight is 310 g/mol. The van der Waals surface area contributed by atoms with Crippen LogP contribution in [0.1, 0.15) is 21.5 Å². The topological polar surface area (TPSA) is 67.4 Å². The molecule has 0 saturated heterocycles. The molecule has 0 aliphatic rings. The lowest BCUT2D eigenvalue weighted by atomic mass is 10.1. The van der Waals surface area contributed by atoms with Crippen LogP contribution in [-0.2, 0) is 22.8 Å². The van der Waals surface area contributed by atoms with Gasteiger partial charge in [0, 0.05) is 12.1 Å². The smallest absolute Gasteiger partial charge is 0.275 e. The molecule has 2 amide bonds. The number of benzene rings is 2. The van der Waals surface area contributed by atoms with Gasteiger partial charge in [-0.05, 0) is 23.3 Å². The highest BCUT2D eigenvalue weighted by atomic mass is 16.6. The van der Waals surface area contributed by atoms with E-state index in [4.69, 9.17) is 4.84 Å². The Bertz CT molecular complexity index is 684. The summed E-state index contributed by atoms with van der Waals surface area (Å²) in [6, 6.07) is 16.5. The van der Waals surface area contributed by atoms with Crippen molar-refractivity contribution < 1.29 is 14.4 Å². The van der Waals surface area contributed by atoms with Gasteiger partial charge in [-0.2, -0.15) is 0 Å². The molecule has 0 fully saturated rings. The van der Waals surface area contributed by atoms with E-state index in [1.165, 1.54) is 6.08 Å². The molecule has 0 bridgehead atoms. The molecule has 0 atom stereocenters. The van der Waals surface area contributed by atoms with E-state index in [1.807, 2.05) is 30.3 Å². The first-order valence-electron chi connectivity index (χ1n) is 7.15. The molecule has 2 N–H and O–H groups in total. The van der Waals surface area contributed by atoms with Crippen LogP contribution in [0.25, 0.3) is 0 Å². The summed E-state index contributed by atoms with van der Waals surface area (Å²) in [7, 11) is 0. The molecule has 118 valence electrons. The Kier molecular flexibility index (Phi) is 6.08. The number of amides is 2. The lowest BCUT2D eigenvalue weighted by molar-refractivity contribution is -0.116. The summed E-state index contributed by atoms with van der Waals surface area (Å²) < 4.78 is 0. The van der Waals surface area contributed by atoms with Gasteiger partial charge in [0.05, 0.1) is 6.61 Å². The number of hydrogen-bond donors (Lipinski definition) is 2. The van der Waals surface area contributed by atoms with Crippen molar-refractivity contribution in [3.63, 3.8) is 0 Å². The zero-order chi connectivity index (χ0) is 16.5. The quantitative estimate of drug-likeness (QED) is 0.609. The van der Waals surface area contributed by atoms with Gasteiger partial charge >= 0.3 is 0 Å². The minimum Gasteiger partial charge on any atom is -0.348 e. The molecule has 0 aliphatic carbocycles. The minimum absolute atomic E-state index is 0.243. The van der Waals surface area contributed by atoms with Crippen molar-refractivity contribution in [2.24, 2.45) is 0 Å². The van der Waals surface area contributed by atoms with E-state index in [9.17, 15) is 9.59 Å². The summed E-state index contributed by atoms with van der Waals surface area (Å²) in [5.74, 6) is -0.648. The van der Waals surface area contributed by atoms with Crippen LogP contribution in [0.2, 0.25) is 0 Å². The van der Waals surface area contributed by atoms with Crippen molar-refractivity contribution in [1.29, 1.82) is 0 Å². The fraction of sp³-hybridized carbons (Fsp3) is 0.111. The first-order valence-corrected chi connectivity index (χ1v) is 7.15. The summed E-state index contributed by atoms with van der Waals surface area (Å²) in [4.78, 5) is 28.7. The van der Waals surface area contributed by atoms with Crippen LogP contribution < -0.4 is 10.8 Å². The molecule has 0 unspecified atom stereocenters. The van der Waals surface area contributed by atoms with E-state index in [-0.39, 0.29) is 25.0 Å². The number of carbonyl (C=O) groups is 2. The second-order valence-corrected chi connectivity index (χ2v) is 4.78. The van der Waals surface area contributed by atoms with Crippen LogP contribution in [0.4, 0.5) is 0 Å². The van der Waals surface area contributed by atoms with E-state index in [2.05, 4.69) is 17.4 Å². The molecule has 2 aromatic rings. The first kappa shape index (κ1) is 16.5. The Morgan fingerprint density at radius 2 is 1.74 bits per heavy atom. The fourth-order valence-electron chi connectivity index (χ4n) is 1.96. The van der Waals surface area contributed by atoms with Crippen LogP contribution >= 0.6 is 0 Å². The van der Waals surface area contributed by atoms with E-state index >= 15 is 0 Å². The van der Waals surface area contributed by atoms with Gasteiger partial charge in [0.2, 0.25) is 5.91 Å². The predicted octanol–water partition coefficient (Wildman–Crippen LogP) is 2.35. The maximum absolute atomic E-state index is 12.2. The highest BCUT2D eigenvalue weighted by Gasteiger charge is 2.11. The van der Waals surface area contributed by atoms with E-state index in [0.717, 1.165) is 5.56 Å². The normalized spacial score (nSPS) is 9.91. The van der Waals surface area contributed by atoms with Crippen molar-refractivity contribution in [3.8, 4) is 0 Å². The summed E-state index contributed by atoms with van der Waals surface area (Å²) in [5.41, 5.74) is 4.52. The van der Waals surface area contributed by atoms with Gasteiger partial charge in [-0.25, -0.2) is 5.48 Å². The largest absolute Gasteiger partial charge is 0.348 e. The fourth-order valence-corrected chi connectivity index (χ4v) is 1.96. The van der Waals surface area contributed by atoms with Gasteiger partial charge in [-0.1, -0.05) is 55.1 Å². The third kappa shape index (κ3) is 5.09. The summed E-state index contributed by atoms with van der Waals surface area (Å²) in [6.45, 7) is 3.91. The maximum Gasteiger partial charge on any atom is 0.275 e. The molecule has 0 aliphatic heterocycles. The number of hydroxylamine groups is 1. The summed E-state index contributed by atoms with van der Waals surface area (Å²) >= 11 is 0. The molecule has 0 radical (unpaired) electrons. The molecular weight excluding hydrogens is 292 g/mol. The minimum atomic E-state index is -0.357. The van der Waals surface area contributed by atoms with Crippen molar-refractivity contribution in [3.05, 3.63) is 83.9 Å². The third-order valence-corrected chi connectivity index (χ3v) is 3.15. The molecule has 2 rings (SSSR count). The van der Waals surface area contributed by atoms with Gasteiger partial charge in [0.15, 0.2) is 0 Å². The van der Waals surface area contributed by atoms with Crippen molar-refractivity contribution in [2.75, 3.05) is 0 Å². The first-order chi connectivity index (χ1) is 11.2. The number of carbonyl (C=O) groups excluding carboxylic acids is 2. The second kappa shape index (κ2) is 8.51. The van der Waals surface area contributed by atoms with Gasteiger partial charge < -0.3 is 5.32 Å². The predicted molar refractivity (Wildman–Crippen MR) is 87.2 cm³/mol. The van der Waals surface area contributed by atoms with Crippen molar-refractivity contribution in [2.45, 2.75) is 13.2 Å². The molecule has 0 aromatic heterocycles. The molecule has 0 spiro atoms. The van der Waals surface area contributed by atoms with Crippen LogP contribution in [0, 0.1) is 0 Å². The van der Waals surface area contributed by atoms with E-state index in [0.29, 0.717) is 11.1 Å². The Morgan fingerprint density at radius 1 is 1.04 bits per heavy atom. The monoisotopic (exact) mass is 310 g/mol. The van der Waals surface area contributed by atoms with Crippen LogP contribution in [0.3, 0.4) is 0 Å². The molecule has 0 saturated carbocycles. The Hall–Kier alpha value is -2.92. The van der Waals surface area contributed by atoms with Gasteiger partial charge in [-0.3, -0.25) is 14.4 Å². The highest BCUT2D eigenvalue weighted by Crippen LogP contribution is 2.09. The Balaban J connectivity index is 1.93. The maximum atomic E-state index is 12.2. The highest BCUT2D eigenvalue weighted by molar-refractivity contribution is 5.95. The van der Waals surface area contributed by atoms with E-state index in [1.54, 1.807) is 24.3 Å². The van der Waals surface area contributed by atoms with Crippen molar-refractivity contribution >= 4 is 11.8 Å². The van der Waals surface area contributed by atoms with Crippen LogP contribution in [-0.4, -0.2) is 11.8 Å². The summed E-state index contributed by atoms with van der Waals surface area (Å²) in [5, 5.41) is 2.65. The SMILES string of the molecule is C=CC(=O)NCc1ccccc1C(=O)NOCc1ccccc1. The van der Waals surface area contributed by atoms with Crippen molar-refractivity contribution in [1.82, 2.24) is 10.8 Å². The Labute approximate surface area is 134 Å². The molecule has 23 heavy (non-hydrogen) atoms. The van der Waals surface area contributed by atoms with Gasteiger partial charge in [0.1, 0.15) is 0 Å². The van der Waals surface area contributed by atoms with Gasteiger partial charge in [-0.15, -0.1) is 0 Å². The van der Waals surface area contributed by atoms with Crippen LogP contribution in [0.5, 0.6) is 0 Å². The van der Waals surface area contributed by atoms with E-state index < -0.39 is 0 Å². The zero-order valence-electron chi connectivity index (χ0n) is 12.6.